The Balaban J connectivity index is 2.91. The Kier molecular flexibility index (Phi) is 4.12. The van der Waals surface area contributed by atoms with E-state index in [0.29, 0.717) is 17.3 Å². The Morgan fingerprint density at radius 3 is 3.08 bits per heavy atom. The van der Waals surface area contributed by atoms with Crippen LogP contribution in [0.15, 0.2) is 16.7 Å². The zero-order valence-corrected chi connectivity index (χ0v) is 9.43. The molecule has 0 fully saturated rings. The molecule has 0 amide bonds. The maximum atomic E-state index is 9.62. The van der Waals surface area contributed by atoms with Gasteiger partial charge in [0, 0.05) is 22.8 Å². The monoisotopic (exact) mass is 264 g/mol. The Bertz CT molecular complexity index is 295. The highest BCUT2D eigenvalue weighted by molar-refractivity contribution is 9.10. The largest absolute Gasteiger partial charge is 0.387 e. The van der Waals surface area contributed by atoms with Gasteiger partial charge in [-0.1, -0.05) is 11.6 Å². The summed E-state index contributed by atoms with van der Waals surface area (Å²) in [6, 6.07) is 1.76. The van der Waals surface area contributed by atoms with E-state index in [2.05, 4.69) is 26.2 Å². The van der Waals surface area contributed by atoms with E-state index in [9.17, 15) is 5.11 Å². The first-order valence-corrected chi connectivity index (χ1v) is 4.96. The van der Waals surface area contributed by atoms with Crippen molar-refractivity contribution in [2.24, 2.45) is 0 Å². The van der Waals surface area contributed by atoms with Crippen molar-refractivity contribution in [3.63, 3.8) is 0 Å². The van der Waals surface area contributed by atoms with Gasteiger partial charge in [-0.2, -0.15) is 0 Å². The first-order chi connectivity index (χ1) is 6.15. The molecule has 1 rings (SSSR count). The lowest BCUT2D eigenvalue weighted by molar-refractivity contribution is 0.177. The van der Waals surface area contributed by atoms with E-state index in [1.165, 1.54) is 0 Å². The van der Waals surface area contributed by atoms with E-state index in [0.717, 1.165) is 4.47 Å². The molecular weight excluding hydrogens is 255 g/mol. The lowest BCUT2D eigenvalue weighted by Crippen LogP contribution is -2.17. The number of likely N-dealkylation sites (N-methyl/N-ethyl adjacent to an activating group) is 1. The highest BCUT2D eigenvalue weighted by Crippen LogP contribution is 2.23. The molecule has 5 heteroatoms. The van der Waals surface area contributed by atoms with Crippen molar-refractivity contribution in [1.29, 1.82) is 0 Å². The summed E-state index contributed by atoms with van der Waals surface area (Å²) in [5.74, 6) is 0. The van der Waals surface area contributed by atoms with Gasteiger partial charge >= 0.3 is 0 Å². The third-order valence-electron chi connectivity index (χ3n) is 1.59. The van der Waals surface area contributed by atoms with Gasteiger partial charge in [-0.15, -0.1) is 0 Å². The van der Waals surface area contributed by atoms with Crippen molar-refractivity contribution in [3.8, 4) is 0 Å². The summed E-state index contributed by atoms with van der Waals surface area (Å²) in [6.07, 6.45) is 0.972. The Morgan fingerprint density at radius 2 is 2.46 bits per heavy atom. The minimum absolute atomic E-state index is 0.339. The number of halogens is 2. The van der Waals surface area contributed by atoms with Gasteiger partial charge in [0.1, 0.15) is 5.15 Å². The molecule has 1 atom stereocenters. The van der Waals surface area contributed by atoms with Gasteiger partial charge in [-0.05, 0) is 29.0 Å². The molecule has 3 nitrogen and oxygen atoms in total. The summed E-state index contributed by atoms with van der Waals surface area (Å²) in [6.45, 7) is 0.456. The summed E-state index contributed by atoms with van der Waals surface area (Å²) in [5.41, 5.74) is 0.630. The van der Waals surface area contributed by atoms with Gasteiger partial charge in [0.15, 0.2) is 0 Å². The van der Waals surface area contributed by atoms with Crippen molar-refractivity contribution in [3.05, 3.63) is 27.5 Å². The summed E-state index contributed by atoms with van der Waals surface area (Å²) in [7, 11) is 1.77. The first kappa shape index (κ1) is 10.9. The molecule has 1 heterocycles. The number of aliphatic hydroxyl groups excluding tert-OH is 1. The molecule has 0 radical (unpaired) electrons. The minimum Gasteiger partial charge on any atom is -0.387 e. The minimum atomic E-state index is -0.623. The molecular formula is C8H10BrClN2O. The third-order valence-corrected chi connectivity index (χ3v) is 2.34. The Hall–Kier alpha value is -0.160. The number of aromatic nitrogens is 1. The van der Waals surface area contributed by atoms with E-state index < -0.39 is 6.10 Å². The van der Waals surface area contributed by atoms with Crippen LogP contribution in [0.5, 0.6) is 0 Å². The second-order valence-electron chi connectivity index (χ2n) is 2.61. The highest BCUT2D eigenvalue weighted by Gasteiger charge is 2.11. The van der Waals surface area contributed by atoms with Crippen LogP contribution < -0.4 is 5.32 Å². The molecule has 0 bridgehead atoms. The lowest BCUT2D eigenvalue weighted by atomic mass is 10.1. The Labute approximate surface area is 90.3 Å². The molecule has 0 aliphatic carbocycles. The van der Waals surface area contributed by atoms with Gasteiger partial charge in [0.2, 0.25) is 0 Å². The lowest BCUT2D eigenvalue weighted by Gasteiger charge is -2.11. The molecule has 0 saturated carbocycles. The van der Waals surface area contributed by atoms with Crippen LogP contribution in [0.25, 0.3) is 0 Å². The molecule has 1 unspecified atom stereocenters. The average Bonchev–Trinajstić information content (AvgIpc) is 2.09. The fourth-order valence-corrected chi connectivity index (χ4v) is 1.55. The predicted molar refractivity (Wildman–Crippen MR) is 55.8 cm³/mol. The summed E-state index contributed by atoms with van der Waals surface area (Å²) in [4.78, 5) is 3.91. The number of nitrogens with zero attached hydrogens (tertiary/aromatic N) is 1. The van der Waals surface area contributed by atoms with Gasteiger partial charge in [-0.25, -0.2) is 4.98 Å². The maximum Gasteiger partial charge on any atom is 0.134 e. The van der Waals surface area contributed by atoms with Crippen molar-refractivity contribution >= 4 is 27.5 Å². The SMILES string of the molecule is CNCC(O)c1cc(Br)cnc1Cl. The average molecular weight is 266 g/mol. The molecule has 0 saturated heterocycles. The Morgan fingerprint density at radius 1 is 1.77 bits per heavy atom. The topological polar surface area (TPSA) is 45.1 Å². The normalized spacial score (nSPS) is 12.9. The van der Waals surface area contributed by atoms with Gasteiger partial charge in [-0.3, -0.25) is 0 Å². The van der Waals surface area contributed by atoms with Crippen LogP contribution in [-0.4, -0.2) is 23.7 Å². The standard InChI is InChI=1S/C8H10BrClN2O/c1-11-4-7(13)6-2-5(9)3-12-8(6)10/h2-3,7,11,13H,4H2,1H3. The highest BCUT2D eigenvalue weighted by atomic mass is 79.9. The molecule has 1 aromatic rings. The zero-order chi connectivity index (χ0) is 9.84. The van der Waals surface area contributed by atoms with Gasteiger partial charge in [0.25, 0.3) is 0 Å². The van der Waals surface area contributed by atoms with E-state index in [-0.39, 0.29) is 0 Å². The van der Waals surface area contributed by atoms with Crippen LogP contribution >= 0.6 is 27.5 Å². The molecule has 2 N–H and O–H groups in total. The number of nitrogens with one attached hydrogen (secondary N) is 1. The summed E-state index contributed by atoms with van der Waals surface area (Å²) >= 11 is 9.07. The molecule has 0 aliphatic heterocycles. The number of hydrogen-bond acceptors (Lipinski definition) is 3. The van der Waals surface area contributed by atoms with Crippen LogP contribution in [-0.2, 0) is 0 Å². The van der Waals surface area contributed by atoms with Crippen LogP contribution in [0.1, 0.15) is 11.7 Å². The molecule has 72 valence electrons. The smallest absolute Gasteiger partial charge is 0.134 e. The number of pyridine rings is 1. The van der Waals surface area contributed by atoms with Crippen LogP contribution in [0.3, 0.4) is 0 Å². The summed E-state index contributed by atoms with van der Waals surface area (Å²) in [5, 5.41) is 12.8. The van der Waals surface area contributed by atoms with Crippen LogP contribution in [0, 0.1) is 0 Å². The van der Waals surface area contributed by atoms with Gasteiger partial charge < -0.3 is 10.4 Å². The van der Waals surface area contributed by atoms with E-state index in [4.69, 9.17) is 11.6 Å². The van der Waals surface area contributed by atoms with Crippen molar-refractivity contribution < 1.29 is 5.11 Å². The van der Waals surface area contributed by atoms with Crippen LogP contribution in [0.4, 0.5) is 0 Å². The van der Waals surface area contributed by atoms with Gasteiger partial charge in [0.05, 0.1) is 6.10 Å². The van der Waals surface area contributed by atoms with E-state index in [1.54, 1.807) is 19.3 Å². The molecule has 0 spiro atoms. The maximum absolute atomic E-state index is 9.62. The van der Waals surface area contributed by atoms with Crippen molar-refractivity contribution in [1.82, 2.24) is 10.3 Å². The fraction of sp³-hybridized carbons (Fsp3) is 0.375. The zero-order valence-electron chi connectivity index (χ0n) is 7.09. The quantitative estimate of drug-likeness (QED) is 0.819. The second kappa shape index (κ2) is 4.91. The number of aliphatic hydroxyl groups is 1. The number of hydrogen-bond donors (Lipinski definition) is 2. The second-order valence-corrected chi connectivity index (χ2v) is 3.88. The van der Waals surface area contributed by atoms with Crippen molar-refractivity contribution in [2.75, 3.05) is 13.6 Å². The predicted octanol–water partition coefficient (Wildman–Crippen LogP) is 1.75. The van der Waals surface area contributed by atoms with E-state index in [1.807, 2.05) is 0 Å². The molecule has 1 aromatic heterocycles. The molecule has 0 aromatic carbocycles. The number of rotatable bonds is 3. The fourth-order valence-electron chi connectivity index (χ4n) is 0.975. The molecule has 13 heavy (non-hydrogen) atoms. The van der Waals surface area contributed by atoms with E-state index >= 15 is 0 Å². The first-order valence-electron chi connectivity index (χ1n) is 3.78. The summed E-state index contributed by atoms with van der Waals surface area (Å²) < 4.78 is 0.807. The third kappa shape index (κ3) is 2.91. The molecule has 0 aliphatic rings. The van der Waals surface area contributed by atoms with Crippen LogP contribution in [0.2, 0.25) is 5.15 Å². The van der Waals surface area contributed by atoms with Crippen molar-refractivity contribution in [2.45, 2.75) is 6.10 Å².